The lowest BCUT2D eigenvalue weighted by molar-refractivity contribution is -0.385. The van der Waals surface area contributed by atoms with E-state index in [0.29, 0.717) is 6.07 Å². The zero-order valence-electron chi connectivity index (χ0n) is 18.3. The number of carbonyl (C=O) groups is 2. The van der Waals surface area contributed by atoms with Gasteiger partial charge in [0.2, 0.25) is 0 Å². The number of nitro benzene ring substituents is 1. The first-order valence-electron chi connectivity index (χ1n) is 10.0. The van der Waals surface area contributed by atoms with Crippen LogP contribution in [0.1, 0.15) is 43.1 Å². The van der Waals surface area contributed by atoms with Gasteiger partial charge in [0.1, 0.15) is 17.1 Å². The molecule has 0 aliphatic carbocycles. The molecular weight excluding hydrogens is 483 g/mol. The van der Waals surface area contributed by atoms with Crippen molar-refractivity contribution in [2.75, 3.05) is 6.61 Å². The number of carbonyl (C=O) groups excluding carboxylic acids is 2. The third-order valence-corrected chi connectivity index (χ3v) is 4.65. The molecular formula is C22H21ClF3NO7. The Balaban J connectivity index is 2.36. The molecule has 2 aromatic carbocycles. The Hall–Kier alpha value is -3.34. The molecule has 0 radical (unpaired) electrons. The van der Waals surface area contributed by atoms with E-state index >= 15 is 0 Å². The number of nitro groups is 1. The number of esters is 2. The first kappa shape index (κ1) is 26.9. The first-order valence-corrected chi connectivity index (χ1v) is 10.4. The fourth-order valence-electron chi connectivity index (χ4n) is 2.84. The maximum Gasteiger partial charge on any atom is 0.416 e. The maximum atomic E-state index is 12.8. The van der Waals surface area contributed by atoms with Crippen molar-refractivity contribution in [2.24, 2.45) is 5.92 Å². The van der Waals surface area contributed by atoms with Crippen LogP contribution in [0.15, 0.2) is 36.4 Å². The van der Waals surface area contributed by atoms with Gasteiger partial charge in [0.25, 0.3) is 5.69 Å². The summed E-state index contributed by atoms with van der Waals surface area (Å²) in [5.41, 5.74) is -2.14. The average molecular weight is 504 g/mol. The van der Waals surface area contributed by atoms with E-state index in [-0.39, 0.29) is 35.5 Å². The molecule has 1 unspecified atom stereocenters. The molecule has 0 spiro atoms. The van der Waals surface area contributed by atoms with Crippen LogP contribution in [-0.4, -0.2) is 29.6 Å². The van der Waals surface area contributed by atoms with Crippen molar-refractivity contribution < 1.29 is 41.9 Å². The normalized spacial score (nSPS) is 12.2. The molecule has 0 amide bonds. The summed E-state index contributed by atoms with van der Waals surface area (Å²) in [5, 5.41) is 11.1. The number of halogens is 4. The fraction of sp³-hybridized carbons (Fsp3) is 0.364. The Labute approximate surface area is 197 Å². The van der Waals surface area contributed by atoms with Crippen molar-refractivity contribution in [3.63, 3.8) is 0 Å². The molecule has 184 valence electrons. The standard InChI is InChI=1S/C22H21ClF3NO7/c1-4-32-21(29)19(9-12(2)3)34-20(28)15-11-14(6-7-17(15)27(30)31)33-18-8-5-13(10-16(18)23)22(24,25)26/h5-8,10-12,19H,4,9H2,1-3H3. The van der Waals surface area contributed by atoms with Gasteiger partial charge in [0, 0.05) is 12.1 Å². The molecule has 0 heterocycles. The van der Waals surface area contributed by atoms with E-state index in [1.54, 1.807) is 20.8 Å². The van der Waals surface area contributed by atoms with Crippen LogP contribution in [-0.2, 0) is 20.4 Å². The lowest BCUT2D eigenvalue weighted by Crippen LogP contribution is -2.31. The van der Waals surface area contributed by atoms with Gasteiger partial charge < -0.3 is 14.2 Å². The Morgan fingerprint density at radius 1 is 1.15 bits per heavy atom. The topological polar surface area (TPSA) is 105 Å². The van der Waals surface area contributed by atoms with Gasteiger partial charge in [-0.1, -0.05) is 25.4 Å². The van der Waals surface area contributed by atoms with Gasteiger partial charge in [-0.05, 0) is 43.5 Å². The minimum absolute atomic E-state index is 0.0440. The van der Waals surface area contributed by atoms with Gasteiger partial charge in [-0.3, -0.25) is 10.1 Å². The molecule has 0 aromatic heterocycles. The highest BCUT2D eigenvalue weighted by molar-refractivity contribution is 6.32. The maximum absolute atomic E-state index is 12.8. The van der Waals surface area contributed by atoms with Crippen LogP contribution in [0.25, 0.3) is 0 Å². The van der Waals surface area contributed by atoms with Gasteiger partial charge in [0.15, 0.2) is 6.10 Å². The first-order chi connectivity index (χ1) is 15.8. The van der Waals surface area contributed by atoms with Crippen LogP contribution in [0.3, 0.4) is 0 Å². The molecule has 8 nitrogen and oxygen atoms in total. The highest BCUT2D eigenvalue weighted by Crippen LogP contribution is 2.37. The smallest absolute Gasteiger partial charge is 0.416 e. The Morgan fingerprint density at radius 2 is 1.82 bits per heavy atom. The lowest BCUT2D eigenvalue weighted by Gasteiger charge is -2.18. The van der Waals surface area contributed by atoms with E-state index in [4.69, 9.17) is 25.8 Å². The molecule has 0 bridgehead atoms. The summed E-state index contributed by atoms with van der Waals surface area (Å²) >= 11 is 5.87. The average Bonchev–Trinajstić information content (AvgIpc) is 2.73. The molecule has 0 aliphatic heterocycles. The third-order valence-electron chi connectivity index (χ3n) is 4.36. The van der Waals surface area contributed by atoms with Crippen LogP contribution in [0.2, 0.25) is 5.02 Å². The zero-order chi connectivity index (χ0) is 25.6. The Morgan fingerprint density at radius 3 is 2.35 bits per heavy atom. The van der Waals surface area contributed by atoms with Crippen molar-refractivity contribution in [1.29, 1.82) is 0 Å². The quantitative estimate of drug-likeness (QED) is 0.228. The van der Waals surface area contributed by atoms with Gasteiger partial charge in [-0.2, -0.15) is 13.2 Å². The molecule has 0 saturated heterocycles. The number of nitrogens with zero attached hydrogens (tertiary/aromatic N) is 1. The number of rotatable bonds is 9. The molecule has 0 N–H and O–H groups in total. The SMILES string of the molecule is CCOC(=O)C(CC(C)C)OC(=O)c1cc(Oc2ccc(C(F)(F)F)cc2Cl)ccc1[N+](=O)[O-]. The van der Waals surface area contributed by atoms with Crippen molar-refractivity contribution in [3.05, 3.63) is 62.7 Å². The van der Waals surface area contributed by atoms with Crippen molar-refractivity contribution in [1.82, 2.24) is 0 Å². The van der Waals surface area contributed by atoms with Crippen molar-refractivity contribution >= 4 is 29.2 Å². The highest BCUT2D eigenvalue weighted by Gasteiger charge is 2.32. The van der Waals surface area contributed by atoms with Crippen LogP contribution >= 0.6 is 11.6 Å². The summed E-state index contributed by atoms with van der Waals surface area (Å²) < 4.78 is 54.0. The van der Waals surface area contributed by atoms with E-state index in [1.165, 1.54) is 0 Å². The molecule has 2 rings (SSSR count). The summed E-state index contributed by atoms with van der Waals surface area (Å²) in [4.78, 5) is 35.5. The van der Waals surface area contributed by atoms with Gasteiger partial charge in [-0.25, -0.2) is 9.59 Å². The monoisotopic (exact) mass is 503 g/mol. The second kappa shape index (κ2) is 11.2. The van der Waals surface area contributed by atoms with Crippen LogP contribution in [0.4, 0.5) is 18.9 Å². The third kappa shape index (κ3) is 7.08. The molecule has 2 aromatic rings. The molecule has 0 saturated carbocycles. The van der Waals surface area contributed by atoms with E-state index in [2.05, 4.69) is 0 Å². The lowest BCUT2D eigenvalue weighted by atomic mass is 10.1. The van der Waals surface area contributed by atoms with Gasteiger partial charge in [-0.15, -0.1) is 0 Å². The van der Waals surface area contributed by atoms with Gasteiger partial charge >= 0.3 is 18.1 Å². The summed E-state index contributed by atoms with van der Waals surface area (Å²) in [7, 11) is 0. The minimum Gasteiger partial charge on any atom is -0.463 e. The number of hydrogen-bond donors (Lipinski definition) is 0. The van der Waals surface area contributed by atoms with E-state index in [1.807, 2.05) is 0 Å². The van der Waals surface area contributed by atoms with E-state index < -0.39 is 46.0 Å². The predicted octanol–water partition coefficient (Wildman–Crippen LogP) is 6.19. The van der Waals surface area contributed by atoms with Crippen LogP contribution < -0.4 is 4.74 Å². The van der Waals surface area contributed by atoms with Crippen LogP contribution in [0, 0.1) is 16.0 Å². The Bertz CT molecular complexity index is 1070. The predicted molar refractivity (Wildman–Crippen MR) is 115 cm³/mol. The molecule has 34 heavy (non-hydrogen) atoms. The number of benzene rings is 2. The summed E-state index contributed by atoms with van der Waals surface area (Å²) in [6.07, 6.45) is -5.78. The van der Waals surface area contributed by atoms with E-state index in [9.17, 15) is 32.9 Å². The Kier molecular flexibility index (Phi) is 8.86. The second-order valence-corrected chi connectivity index (χ2v) is 7.86. The number of ether oxygens (including phenoxy) is 3. The molecule has 1 atom stereocenters. The summed E-state index contributed by atoms with van der Waals surface area (Å²) in [6.45, 7) is 5.18. The zero-order valence-corrected chi connectivity index (χ0v) is 19.1. The summed E-state index contributed by atoms with van der Waals surface area (Å²) in [6, 6.07) is 5.46. The number of alkyl halides is 3. The fourth-order valence-corrected chi connectivity index (χ4v) is 3.06. The number of hydrogen-bond acceptors (Lipinski definition) is 7. The van der Waals surface area contributed by atoms with Crippen LogP contribution in [0.5, 0.6) is 11.5 Å². The largest absolute Gasteiger partial charge is 0.463 e. The van der Waals surface area contributed by atoms with Crippen molar-refractivity contribution in [2.45, 2.75) is 39.5 Å². The van der Waals surface area contributed by atoms with E-state index in [0.717, 1.165) is 30.3 Å². The van der Waals surface area contributed by atoms with Crippen molar-refractivity contribution in [3.8, 4) is 11.5 Å². The molecule has 0 aliphatic rings. The summed E-state index contributed by atoms with van der Waals surface area (Å²) in [5.74, 6) is -2.33. The molecule has 12 heteroatoms. The molecule has 0 fully saturated rings. The second-order valence-electron chi connectivity index (χ2n) is 7.46. The minimum atomic E-state index is -4.61. The highest BCUT2D eigenvalue weighted by atomic mass is 35.5. The van der Waals surface area contributed by atoms with Gasteiger partial charge in [0.05, 0.1) is 22.1 Å².